The lowest BCUT2D eigenvalue weighted by Gasteiger charge is -2.40. The second-order valence-electron chi connectivity index (χ2n) is 21.6. The van der Waals surface area contributed by atoms with E-state index in [1.54, 1.807) is 0 Å². The summed E-state index contributed by atoms with van der Waals surface area (Å²) in [7, 11) is 0. The largest absolute Gasteiger partial charge is 0.324 e. The van der Waals surface area contributed by atoms with Crippen LogP contribution in [0.15, 0.2) is 0 Å². The molecule has 0 aliphatic rings. The van der Waals surface area contributed by atoms with E-state index in [2.05, 4.69) is 27.7 Å². The molecular formula is C61H126N+. The standard InChI is InChI=1S/C61H126N/c1-5-9-13-17-20-23-26-29-32-35-38-41-44-47-51-55-59-62(58-54-50-16-12-8-4,60-56-52-48-45-42-39-36-33-30-27-24-21-18-14-10-6-2)61-57-53-49-46-43-40-37-34-31-28-25-22-19-15-11-7-3/h5-61H2,1-4H3/q+1. The van der Waals surface area contributed by atoms with Crippen LogP contribution in [-0.4, -0.2) is 30.7 Å². The minimum absolute atomic E-state index is 1.37. The Morgan fingerprint density at radius 2 is 0.226 bits per heavy atom. The predicted molar refractivity (Wildman–Crippen MR) is 287 cm³/mol. The molecule has 0 aromatic heterocycles. The molecule has 0 rings (SSSR count). The molecule has 0 heterocycles. The number of hydrogen-bond donors (Lipinski definition) is 0. The fraction of sp³-hybridized carbons (Fsp3) is 1.00. The summed E-state index contributed by atoms with van der Waals surface area (Å²) in [6, 6.07) is 0. The van der Waals surface area contributed by atoms with Crippen molar-refractivity contribution < 1.29 is 4.48 Å². The molecule has 0 saturated carbocycles. The molecule has 0 fully saturated rings. The average molecular weight is 874 g/mol. The van der Waals surface area contributed by atoms with E-state index < -0.39 is 0 Å². The van der Waals surface area contributed by atoms with Crippen molar-refractivity contribution in [1.82, 2.24) is 0 Å². The van der Waals surface area contributed by atoms with Crippen LogP contribution in [0.4, 0.5) is 0 Å². The van der Waals surface area contributed by atoms with Crippen molar-refractivity contribution in [3.8, 4) is 0 Å². The SMILES string of the molecule is CCCCCCCCCCCCCCCCCC[N+](CCCCCCC)(CCCCCCCCCCCCCCCCCC)CCCCCCCCCCCCCCCCCC. The van der Waals surface area contributed by atoms with Crippen molar-refractivity contribution in [2.45, 2.75) is 368 Å². The van der Waals surface area contributed by atoms with E-state index in [-0.39, 0.29) is 0 Å². The molecule has 0 saturated heterocycles. The summed E-state index contributed by atoms with van der Waals surface area (Å²) in [5, 5.41) is 0. The third kappa shape index (κ3) is 49.4. The van der Waals surface area contributed by atoms with Crippen molar-refractivity contribution in [3.63, 3.8) is 0 Å². The predicted octanol–water partition coefficient (Wildman–Crippen LogP) is 22.6. The highest BCUT2D eigenvalue weighted by Gasteiger charge is 2.25. The number of unbranched alkanes of at least 4 members (excludes halogenated alkanes) is 49. The molecule has 0 aromatic rings. The first-order valence-electron chi connectivity index (χ1n) is 30.6. The van der Waals surface area contributed by atoms with Crippen LogP contribution in [0.1, 0.15) is 368 Å². The van der Waals surface area contributed by atoms with E-state index in [9.17, 15) is 0 Å². The third-order valence-electron chi connectivity index (χ3n) is 15.2. The van der Waals surface area contributed by atoms with Gasteiger partial charge in [0.1, 0.15) is 0 Å². The second kappa shape index (κ2) is 55.3. The molecule has 0 N–H and O–H groups in total. The molecule has 0 aliphatic carbocycles. The van der Waals surface area contributed by atoms with Crippen molar-refractivity contribution in [2.75, 3.05) is 26.2 Å². The molecular weight excluding hydrogens is 747 g/mol. The van der Waals surface area contributed by atoms with Crippen molar-refractivity contribution in [2.24, 2.45) is 0 Å². The Labute approximate surface area is 397 Å². The highest BCUT2D eigenvalue weighted by Crippen LogP contribution is 2.22. The van der Waals surface area contributed by atoms with Crippen LogP contribution >= 0.6 is 0 Å². The van der Waals surface area contributed by atoms with Gasteiger partial charge in [-0.2, -0.15) is 0 Å². The van der Waals surface area contributed by atoms with Gasteiger partial charge in [0, 0.05) is 0 Å². The number of hydrogen-bond acceptors (Lipinski definition) is 0. The van der Waals surface area contributed by atoms with Gasteiger partial charge in [-0.15, -0.1) is 0 Å². The molecule has 62 heavy (non-hydrogen) atoms. The van der Waals surface area contributed by atoms with Crippen LogP contribution < -0.4 is 0 Å². The minimum atomic E-state index is 1.37. The zero-order valence-corrected chi connectivity index (χ0v) is 44.8. The van der Waals surface area contributed by atoms with Crippen LogP contribution in [0, 0.1) is 0 Å². The summed E-state index contributed by atoms with van der Waals surface area (Å²) >= 11 is 0. The first-order valence-corrected chi connectivity index (χ1v) is 30.6. The average Bonchev–Trinajstić information content (AvgIpc) is 3.28. The zero-order chi connectivity index (χ0) is 44.8. The first-order chi connectivity index (χ1) is 30.7. The highest BCUT2D eigenvalue weighted by atomic mass is 15.3. The lowest BCUT2D eigenvalue weighted by molar-refractivity contribution is -0.929. The first kappa shape index (κ1) is 62.0. The van der Waals surface area contributed by atoms with E-state index in [4.69, 9.17) is 0 Å². The Balaban J connectivity index is 4.63. The fourth-order valence-electron chi connectivity index (χ4n) is 10.7. The van der Waals surface area contributed by atoms with Gasteiger partial charge >= 0.3 is 0 Å². The van der Waals surface area contributed by atoms with E-state index in [1.807, 2.05) is 0 Å². The lowest BCUT2D eigenvalue weighted by Crippen LogP contribution is -2.50. The molecule has 1 nitrogen and oxygen atoms in total. The maximum absolute atomic E-state index is 2.38. The van der Waals surface area contributed by atoms with Gasteiger partial charge < -0.3 is 4.48 Å². The summed E-state index contributed by atoms with van der Waals surface area (Å²) in [5.74, 6) is 0. The third-order valence-corrected chi connectivity index (χ3v) is 15.2. The normalized spacial score (nSPS) is 12.0. The number of nitrogens with zero attached hydrogens (tertiary/aromatic N) is 1. The second-order valence-corrected chi connectivity index (χ2v) is 21.6. The maximum Gasteiger partial charge on any atom is 0.0786 e. The van der Waals surface area contributed by atoms with Crippen molar-refractivity contribution >= 4 is 0 Å². The number of rotatable bonds is 57. The monoisotopic (exact) mass is 873 g/mol. The molecule has 0 amide bonds. The molecule has 0 bridgehead atoms. The molecule has 0 radical (unpaired) electrons. The quantitative estimate of drug-likeness (QED) is 0.0422. The number of quaternary nitrogens is 1. The Bertz CT molecular complexity index is 670. The van der Waals surface area contributed by atoms with Gasteiger partial charge in [0.2, 0.25) is 0 Å². The molecule has 0 unspecified atom stereocenters. The van der Waals surface area contributed by atoms with E-state index in [1.165, 1.54) is 371 Å². The van der Waals surface area contributed by atoms with Gasteiger partial charge in [0.15, 0.2) is 0 Å². The van der Waals surface area contributed by atoms with Crippen molar-refractivity contribution in [1.29, 1.82) is 0 Å². The molecule has 1 heteroatoms. The highest BCUT2D eigenvalue weighted by molar-refractivity contribution is 4.57. The van der Waals surface area contributed by atoms with Gasteiger partial charge in [-0.05, 0) is 51.4 Å². The fourth-order valence-corrected chi connectivity index (χ4v) is 10.7. The topological polar surface area (TPSA) is 0 Å². The molecule has 0 atom stereocenters. The molecule has 0 spiro atoms. The van der Waals surface area contributed by atoms with Crippen LogP contribution in [0.25, 0.3) is 0 Å². The molecule has 0 aliphatic heterocycles. The Kier molecular flexibility index (Phi) is 55.3. The molecule has 0 aromatic carbocycles. The summed E-state index contributed by atoms with van der Waals surface area (Å²) in [5.41, 5.74) is 0. The smallest absolute Gasteiger partial charge is 0.0786 e. The van der Waals surface area contributed by atoms with E-state index in [0.29, 0.717) is 0 Å². The van der Waals surface area contributed by atoms with Crippen LogP contribution in [-0.2, 0) is 0 Å². The van der Waals surface area contributed by atoms with Gasteiger partial charge in [0.25, 0.3) is 0 Å². The van der Waals surface area contributed by atoms with Gasteiger partial charge in [-0.1, -0.05) is 317 Å². The van der Waals surface area contributed by atoms with Crippen LogP contribution in [0.5, 0.6) is 0 Å². The molecule has 374 valence electrons. The summed E-state index contributed by atoms with van der Waals surface area (Å²) < 4.78 is 1.49. The van der Waals surface area contributed by atoms with Crippen LogP contribution in [0.3, 0.4) is 0 Å². The Morgan fingerprint density at radius 3 is 0.339 bits per heavy atom. The maximum atomic E-state index is 2.38. The van der Waals surface area contributed by atoms with E-state index in [0.717, 1.165) is 0 Å². The van der Waals surface area contributed by atoms with Gasteiger partial charge in [-0.3, -0.25) is 0 Å². The lowest BCUT2D eigenvalue weighted by atomic mass is 10.0. The Hall–Kier alpha value is -0.0400. The summed E-state index contributed by atoms with van der Waals surface area (Å²) in [6.07, 6.45) is 78.2. The Morgan fingerprint density at radius 1 is 0.129 bits per heavy atom. The summed E-state index contributed by atoms with van der Waals surface area (Å²) in [6.45, 7) is 15.3. The minimum Gasteiger partial charge on any atom is -0.324 e. The van der Waals surface area contributed by atoms with Crippen molar-refractivity contribution in [3.05, 3.63) is 0 Å². The van der Waals surface area contributed by atoms with E-state index >= 15 is 0 Å². The van der Waals surface area contributed by atoms with Crippen LogP contribution in [0.2, 0.25) is 0 Å². The zero-order valence-electron chi connectivity index (χ0n) is 44.8. The summed E-state index contributed by atoms with van der Waals surface area (Å²) in [4.78, 5) is 0. The van der Waals surface area contributed by atoms with Gasteiger partial charge in [0.05, 0.1) is 26.2 Å². The van der Waals surface area contributed by atoms with Gasteiger partial charge in [-0.25, -0.2) is 0 Å².